The third kappa shape index (κ3) is 6.44. The number of nitrogens with zero attached hydrogens (tertiary/aromatic N) is 2. The number of hydrogen-bond donors (Lipinski definition) is 3. The molecular formula is C16H19N3O10S3. The maximum Gasteiger partial charge on any atom is 0.397 e. The van der Waals surface area contributed by atoms with Crippen molar-refractivity contribution in [2.24, 2.45) is 10.2 Å². The molecule has 2 rings (SSSR count). The Morgan fingerprint density at radius 1 is 1.00 bits per heavy atom. The van der Waals surface area contributed by atoms with E-state index in [1.807, 2.05) is 0 Å². The molecule has 0 aromatic heterocycles. The largest absolute Gasteiger partial charge is 0.494 e. The van der Waals surface area contributed by atoms with Crippen LogP contribution >= 0.6 is 0 Å². The van der Waals surface area contributed by atoms with Crippen molar-refractivity contribution in [2.75, 3.05) is 25.2 Å². The van der Waals surface area contributed by atoms with Gasteiger partial charge in [-0.15, -0.1) is 0 Å². The van der Waals surface area contributed by atoms with Crippen molar-refractivity contribution in [1.82, 2.24) is 0 Å². The summed E-state index contributed by atoms with van der Waals surface area (Å²) in [6.45, 7) is 0.592. The van der Waals surface area contributed by atoms with E-state index >= 15 is 0 Å². The Hall–Kier alpha value is -2.63. The highest BCUT2D eigenvalue weighted by molar-refractivity contribution is 7.91. The highest BCUT2D eigenvalue weighted by Gasteiger charge is 2.23. The third-order valence-corrected chi connectivity index (χ3v) is 7.23. The number of nitrogens with two attached hydrogens (primary N) is 1. The smallest absolute Gasteiger partial charge is 0.397 e. The van der Waals surface area contributed by atoms with Crippen LogP contribution in [0.5, 0.6) is 5.75 Å². The Morgan fingerprint density at radius 2 is 1.59 bits per heavy atom. The lowest BCUT2D eigenvalue weighted by atomic mass is 10.1. The molecule has 0 aliphatic rings. The molecule has 2 aromatic carbocycles. The zero-order valence-corrected chi connectivity index (χ0v) is 19.1. The molecule has 16 heteroatoms. The van der Waals surface area contributed by atoms with Crippen molar-refractivity contribution in [1.29, 1.82) is 0 Å². The highest BCUT2D eigenvalue weighted by atomic mass is 32.3. The van der Waals surface area contributed by atoms with Gasteiger partial charge < -0.3 is 10.5 Å². The summed E-state index contributed by atoms with van der Waals surface area (Å²) in [5.41, 5.74) is 5.68. The van der Waals surface area contributed by atoms with Crippen LogP contribution in [0.25, 0.3) is 0 Å². The number of methoxy groups -OCH3 is 1. The number of benzene rings is 2. The molecule has 0 heterocycles. The average Bonchev–Trinajstić information content (AvgIpc) is 2.65. The van der Waals surface area contributed by atoms with Crippen molar-refractivity contribution in [3.8, 4) is 5.75 Å². The molecule has 0 amide bonds. The van der Waals surface area contributed by atoms with Crippen molar-refractivity contribution >= 4 is 47.4 Å². The lowest BCUT2D eigenvalue weighted by Gasteiger charge is -2.12. The van der Waals surface area contributed by atoms with E-state index in [0.717, 1.165) is 0 Å². The van der Waals surface area contributed by atoms with Crippen LogP contribution in [0, 0.1) is 6.92 Å². The fraction of sp³-hybridized carbons (Fsp3) is 0.250. The molecule has 4 N–H and O–H groups in total. The molecule has 0 unspecified atom stereocenters. The highest BCUT2D eigenvalue weighted by Crippen LogP contribution is 2.38. The zero-order chi connectivity index (χ0) is 24.3. The molecule has 0 aliphatic carbocycles. The van der Waals surface area contributed by atoms with Crippen LogP contribution < -0.4 is 10.5 Å². The van der Waals surface area contributed by atoms with Crippen LogP contribution in [0.15, 0.2) is 50.4 Å². The van der Waals surface area contributed by atoms with Gasteiger partial charge in [0.15, 0.2) is 9.84 Å². The summed E-state index contributed by atoms with van der Waals surface area (Å²) in [5, 5.41) is 7.82. The molecule has 0 aliphatic heterocycles. The van der Waals surface area contributed by atoms with Crippen LogP contribution in [-0.4, -0.2) is 53.8 Å². The molecule has 0 bridgehead atoms. The van der Waals surface area contributed by atoms with E-state index in [2.05, 4.69) is 14.4 Å². The second kappa shape index (κ2) is 9.47. The fourth-order valence-corrected chi connectivity index (χ4v) is 4.90. The number of hydrogen-bond acceptors (Lipinski definition) is 11. The molecule has 13 nitrogen and oxygen atoms in total. The minimum atomic E-state index is -4.75. The number of rotatable bonds is 9. The van der Waals surface area contributed by atoms with Gasteiger partial charge in [-0.2, -0.15) is 27.1 Å². The zero-order valence-electron chi connectivity index (χ0n) is 16.7. The maximum atomic E-state index is 12.2. The van der Waals surface area contributed by atoms with Crippen molar-refractivity contribution in [3.05, 3.63) is 35.9 Å². The summed E-state index contributed by atoms with van der Waals surface area (Å²) < 4.78 is 95.6. The molecule has 0 saturated carbocycles. The molecule has 0 radical (unpaired) electrons. The number of sulfone groups is 1. The summed E-state index contributed by atoms with van der Waals surface area (Å²) in [6.07, 6.45) is 0. The first-order valence-corrected chi connectivity index (χ1v) is 12.9. The Balaban J connectivity index is 2.30. The van der Waals surface area contributed by atoms with Crippen molar-refractivity contribution in [2.45, 2.75) is 16.7 Å². The number of nitrogen functional groups attached to an aromatic ring is 1. The summed E-state index contributed by atoms with van der Waals surface area (Å²) in [4.78, 5) is -0.728. The van der Waals surface area contributed by atoms with Crippen molar-refractivity contribution in [3.63, 3.8) is 0 Å². The van der Waals surface area contributed by atoms with Gasteiger partial charge in [0.05, 0.1) is 41.4 Å². The summed E-state index contributed by atoms with van der Waals surface area (Å²) in [6, 6.07) is 6.30. The van der Waals surface area contributed by atoms with Gasteiger partial charge >= 0.3 is 10.4 Å². The summed E-state index contributed by atoms with van der Waals surface area (Å²) in [7, 11) is -12.1. The van der Waals surface area contributed by atoms with Gasteiger partial charge in [0, 0.05) is 11.6 Å². The summed E-state index contributed by atoms with van der Waals surface area (Å²) in [5.74, 6) is -0.748. The van der Waals surface area contributed by atoms with E-state index in [1.165, 1.54) is 44.4 Å². The minimum absolute atomic E-state index is 0.0209. The topological polar surface area (TPSA) is 212 Å². The van der Waals surface area contributed by atoms with E-state index in [1.54, 1.807) is 0 Å². The quantitative estimate of drug-likeness (QED) is 0.252. The van der Waals surface area contributed by atoms with Gasteiger partial charge in [0.1, 0.15) is 10.6 Å². The maximum absolute atomic E-state index is 12.2. The van der Waals surface area contributed by atoms with E-state index < -0.39 is 47.6 Å². The van der Waals surface area contributed by atoms with Gasteiger partial charge in [-0.25, -0.2) is 12.6 Å². The van der Waals surface area contributed by atoms with Gasteiger partial charge in [-0.1, -0.05) is 0 Å². The predicted molar refractivity (Wildman–Crippen MR) is 112 cm³/mol. The first kappa shape index (κ1) is 25.6. The van der Waals surface area contributed by atoms with Gasteiger partial charge in [-0.3, -0.25) is 9.11 Å². The lowest BCUT2D eigenvalue weighted by Crippen LogP contribution is -2.15. The molecule has 0 fully saturated rings. The second-order valence-electron chi connectivity index (χ2n) is 6.20. The Labute approximate surface area is 184 Å². The van der Waals surface area contributed by atoms with E-state index in [9.17, 15) is 29.8 Å². The summed E-state index contributed by atoms with van der Waals surface area (Å²) >= 11 is 0. The van der Waals surface area contributed by atoms with E-state index in [4.69, 9.17) is 15.0 Å². The van der Waals surface area contributed by atoms with E-state index in [0.29, 0.717) is 0 Å². The average molecular weight is 510 g/mol. The normalized spacial score (nSPS) is 12.9. The van der Waals surface area contributed by atoms with Gasteiger partial charge in [0.25, 0.3) is 10.1 Å². The number of ether oxygens (including phenoxy) is 1. The SMILES string of the molecule is COc1cc(N=Nc2ccc(S(=O)(=O)CCOS(=O)(=O)O)cc2)c(C)c(S(=O)(=O)O)c1N. The molecule has 0 atom stereocenters. The minimum Gasteiger partial charge on any atom is -0.494 e. The van der Waals surface area contributed by atoms with Gasteiger partial charge in [0.2, 0.25) is 0 Å². The first-order valence-electron chi connectivity index (χ1n) is 8.46. The number of azo groups is 1. The fourth-order valence-electron chi connectivity index (χ4n) is 2.54. The van der Waals surface area contributed by atoms with Crippen LogP contribution in [0.4, 0.5) is 17.1 Å². The number of anilines is 1. The molecule has 0 saturated heterocycles. The first-order chi connectivity index (χ1) is 14.7. The molecule has 2 aromatic rings. The third-order valence-electron chi connectivity index (χ3n) is 4.03. The Kier molecular flexibility index (Phi) is 7.59. The Bertz CT molecular complexity index is 1350. The van der Waals surface area contributed by atoms with Crippen LogP contribution in [0.3, 0.4) is 0 Å². The van der Waals surface area contributed by atoms with Crippen LogP contribution in [0.2, 0.25) is 0 Å². The lowest BCUT2D eigenvalue weighted by molar-refractivity contribution is 0.284. The second-order valence-corrected chi connectivity index (χ2v) is 10.8. The Morgan fingerprint density at radius 3 is 2.09 bits per heavy atom. The monoisotopic (exact) mass is 509 g/mol. The molecule has 0 spiro atoms. The molecule has 32 heavy (non-hydrogen) atoms. The molecule has 176 valence electrons. The predicted octanol–water partition coefficient (Wildman–Crippen LogP) is 1.84. The molecular weight excluding hydrogens is 490 g/mol. The van der Waals surface area contributed by atoms with Gasteiger partial charge in [-0.05, 0) is 31.2 Å². The standard InChI is InChI=1S/C16H19N3O10S3/c1-10-13(9-14(28-2)15(17)16(10)31(22,23)24)19-18-11-3-5-12(6-4-11)30(20,21)8-7-29-32(25,26)27/h3-6,9H,7-8,17H2,1-2H3,(H,22,23,24)(H,25,26,27). The van der Waals surface area contributed by atoms with Crippen LogP contribution in [0.1, 0.15) is 5.56 Å². The van der Waals surface area contributed by atoms with E-state index in [-0.39, 0.29) is 33.3 Å². The van der Waals surface area contributed by atoms with Crippen molar-refractivity contribution < 1.29 is 43.3 Å². The van der Waals surface area contributed by atoms with Crippen LogP contribution in [-0.2, 0) is 34.5 Å².